The van der Waals surface area contributed by atoms with Crippen LogP contribution in [0.25, 0.3) is 0 Å². The second-order valence-electron chi connectivity index (χ2n) is 4.87. The molecule has 0 spiro atoms. The van der Waals surface area contributed by atoms with Gasteiger partial charge in [-0.25, -0.2) is 0 Å². The lowest BCUT2D eigenvalue weighted by molar-refractivity contribution is 0.234. The van der Waals surface area contributed by atoms with E-state index in [2.05, 4.69) is 35.5 Å². The highest BCUT2D eigenvalue weighted by Crippen LogP contribution is 2.10. The zero-order valence-electron chi connectivity index (χ0n) is 10.5. The third-order valence-corrected chi connectivity index (χ3v) is 3.41. The molecular weight excluding hydrogens is 200 g/mol. The number of hydrogen-bond donors (Lipinski definition) is 1. The van der Waals surface area contributed by atoms with Gasteiger partial charge in [0, 0.05) is 31.4 Å². The highest BCUT2D eigenvalue weighted by Gasteiger charge is 2.16. The molecule has 0 atom stereocenters. The molecule has 1 aliphatic rings. The first kappa shape index (κ1) is 11.6. The van der Waals surface area contributed by atoms with Gasteiger partial charge >= 0.3 is 0 Å². The number of hydrogen-bond acceptors (Lipinski definition) is 3. The van der Waals surface area contributed by atoms with Gasteiger partial charge in [0.2, 0.25) is 0 Å². The van der Waals surface area contributed by atoms with Crippen molar-refractivity contribution in [1.29, 1.82) is 0 Å². The normalized spacial score (nSPS) is 19.2. The molecule has 90 valence electrons. The Morgan fingerprint density at radius 2 is 2.06 bits per heavy atom. The molecule has 0 aromatic carbocycles. The molecule has 0 amide bonds. The maximum atomic E-state index is 4.36. The SMILES string of the molecule is Cc1nn(C)cc1CNC1CCN(C)CC1. The number of aryl methyl sites for hydroxylation is 2. The fourth-order valence-electron chi connectivity index (χ4n) is 2.29. The number of nitrogens with one attached hydrogen (secondary N) is 1. The van der Waals surface area contributed by atoms with Gasteiger partial charge in [-0.3, -0.25) is 4.68 Å². The van der Waals surface area contributed by atoms with E-state index in [9.17, 15) is 0 Å². The minimum absolute atomic E-state index is 0.677. The monoisotopic (exact) mass is 222 g/mol. The van der Waals surface area contributed by atoms with E-state index in [0.717, 1.165) is 12.2 Å². The standard InChI is InChI=1S/C12H22N4/c1-10-11(9-16(3)14-10)8-13-12-4-6-15(2)7-5-12/h9,12-13H,4-8H2,1-3H3. The Bertz CT molecular complexity index is 337. The van der Waals surface area contributed by atoms with Crippen LogP contribution in [0, 0.1) is 6.92 Å². The Kier molecular flexibility index (Phi) is 3.61. The van der Waals surface area contributed by atoms with E-state index in [1.54, 1.807) is 0 Å². The maximum Gasteiger partial charge on any atom is 0.0638 e. The lowest BCUT2D eigenvalue weighted by Gasteiger charge is -2.29. The fraction of sp³-hybridized carbons (Fsp3) is 0.750. The summed E-state index contributed by atoms with van der Waals surface area (Å²) in [6.45, 7) is 5.45. The van der Waals surface area contributed by atoms with E-state index in [1.807, 2.05) is 11.7 Å². The number of rotatable bonds is 3. The molecule has 16 heavy (non-hydrogen) atoms. The summed E-state index contributed by atoms with van der Waals surface area (Å²) in [4.78, 5) is 2.40. The molecule has 0 unspecified atom stereocenters. The first-order chi connectivity index (χ1) is 7.65. The van der Waals surface area contributed by atoms with Crippen molar-refractivity contribution in [3.8, 4) is 0 Å². The lowest BCUT2D eigenvalue weighted by Crippen LogP contribution is -2.40. The average Bonchev–Trinajstić information content (AvgIpc) is 2.57. The van der Waals surface area contributed by atoms with Crippen LogP contribution in [0.4, 0.5) is 0 Å². The van der Waals surface area contributed by atoms with Gasteiger partial charge in [0.25, 0.3) is 0 Å². The third kappa shape index (κ3) is 2.83. The summed E-state index contributed by atoms with van der Waals surface area (Å²) in [5.74, 6) is 0. The van der Waals surface area contributed by atoms with Crippen molar-refractivity contribution in [2.24, 2.45) is 7.05 Å². The molecule has 1 aromatic rings. The van der Waals surface area contributed by atoms with Crippen molar-refractivity contribution >= 4 is 0 Å². The van der Waals surface area contributed by atoms with Crippen LogP contribution in [0.3, 0.4) is 0 Å². The van der Waals surface area contributed by atoms with Gasteiger partial charge in [-0.05, 0) is 39.9 Å². The Hall–Kier alpha value is -0.870. The largest absolute Gasteiger partial charge is 0.310 e. The quantitative estimate of drug-likeness (QED) is 0.825. The molecule has 2 rings (SSSR count). The predicted molar refractivity (Wildman–Crippen MR) is 65.3 cm³/mol. The summed E-state index contributed by atoms with van der Waals surface area (Å²) in [5, 5.41) is 7.99. The molecule has 1 aromatic heterocycles. The van der Waals surface area contributed by atoms with Gasteiger partial charge in [-0.15, -0.1) is 0 Å². The first-order valence-corrected chi connectivity index (χ1v) is 6.06. The van der Waals surface area contributed by atoms with E-state index in [1.165, 1.54) is 31.5 Å². The molecule has 0 aliphatic carbocycles. The molecule has 0 bridgehead atoms. The Morgan fingerprint density at radius 3 is 2.62 bits per heavy atom. The first-order valence-electron chi connectivity index (χ1n) is 6.06. The molecule has 4 heteroatoms. The second kappa shape index (κ2) is 4.97. The summed E-state index contributed by atoms with van der Waals surface area (Å²) >= 11 is 0. The number of piperidine rings is 1. The van der Waals surface area contributed by atoms with Crippen molar-refractivity contribution in [2.75, 3.05) is 20.1 Å². The van der Waals surface area contributed by atoms with Crippen molar-refractivity contribution in [1.82, 2.24) is 20.0 Å². The van der Waals surface area contributed by atoms with E-state index in [0.29, 0.717) is 6.04 Å². The van der Waals surface area contributed by atoms with Crippen LogP contribution in [0.1, 0.15) is 24.1 Å². The van der Waals surface area contributed by atoms with Crippen LogP contribution < -0.4 is 5.32 Å². The Morgan fingerprint density at radius 1 is 1.38 bits per heavy atom. The van der Waals surface area contributed by atoms with Crippen LogP contribution in [0.2, 0.25) is 0 Å². The van der Waals surface area contributed by atoms with E-state index in [4.69, 9.17) is 0 Å². The summed E-state index contributed by atoms with van der Waals surface area (Å²) < 4.78 is 1.89. The van der Waals surface area contributed by atoms with Crippen molar-refractivity contribution in [3.63, 3.8) is 0 Å². The lowest BCUT2D eigenvalue weighted by atomic mass is 10.1. The van der Waals surface area contributed by atoms with E-state index < -0.39 is 0 Å². The maximum absolute atomic E-state index is 4.36. The van der Waals surface area contributed by atoms with Gasteiger partial charge in [-0.2, -0.15) is 5.10 Å². The molecular formula is C12H22N4. The molecule has 1 saturated heterocycles. The van der Waals surface area contributed by atoms with Crippen LogP contribution in [-0.2, 0) is 13.6 Å². The van der Waals surface area contributed by atoms with Crippen molar-refractivity contribution < 1.29 is 0 Å². The molecule has 1 fully saturated rings. The smallest absolute Gasteiger partial charge is 0.0638 e. The van der Waals surface area contributed by atoms with Crippen LogP contribution >= 0.6 is 0 Å². The van der Waals surface area contributed by atoms with Gasteiger partial charge in [0.05, 0.1) is 5.69 Å². The third-order valence-electron chi connectivity index (χ3n) is 3.41. The summed E-state index contributed by atoms with van der Waals surface area (Å²) in [6, 6.07) is 0.677. The average molecular weight is 222 g/mol. The van der Waals surface area contributed by atoms with Gasteiger partial charge < -0.3 is 10.2 Å². The van der Waals surface area contributed by atoms with Gasteiger partial charge in [0.1, 0.15) is 0 Å². The minimum Gasteiger partial charge on any atom is -0.310 e. The number of nitrogens with zero attached hydrogens (tertiary/aromatic N) is 3. The second-order valence-corrected chi connectivity index (χ2v) is 4.87. The molecule has 0 radical (unpaired) electrons. The van der Waals surface area contributed by atoms with E-state index in [-0.39, 0.29) is 0 Å². The topological polar surface area (TPSA) is 33.1 Å². The van der Waals surface area contributed by atoms with Crippen molar-refractivity contribution in [2.45, 2.75) is 32.4 Å². The van der Waals surface area contributed by atoms with Crippen LogP contribution in [0.15, 0.2) is 6.20 Å². The Labute approximate surface area is 97.6 Å². The summed E-state index contributed by atoms with van der Waals surface area (Å²) in [7, 11) is 4.17. The fourth-order valence-corrected chi connectivity index (χ4v) is 2.29. The molecule has 0 saturated carbocycles. The molecule has 1 N–H and O–H groups in total. The number of aromatic nitrogens is 2. The predicted octanol–water partition coefficient (Wildman–Crippen LogP) is 0.912. The zero-order valence-corrected chi connectivity index (χ0v) is 10.5. The Balaban J connectivity index is 1.81. The summed E-state index contributed by atoms with van der Waals surface area (Å²) in [6.07, 6.45) is 4.63. The minimum atomic E-state index is 0.677. The highest BCUT2D eigenvalue weighted by atomic mass is 15.3. The molecule has 4 nitrogen and oxygen atoms in total. The van der Waals surface area contributed by atoms with E-state index >= 15 is 0 Å². The highest BCUT2D eigenvalue weighted by molar-refractivity contribution is 5.14. The zero-order chi connectivity index (χ0) is 11.5. The summed E-state index contributed by atoms with van der Waals surface area (Å²) in [5.41, 5.74) is 2.46. The molecule has 1 aliphatic heterocycles. The van der Waals surface area contributed by atoms with Gasteiger partial charge in [-0.1, -0.05) is 0 Å². The van der Waals surface area contributed by atoms with Crippen molar-refractivity contribution in [3.05, 3.63) is 17.5 Å². The molecule has 2 heterocycles. The van der Waals surface area contributed by atoms with Crippen LogP contribution in [-0.4, -0.2) is 40.9 Å². The number of likely N-dealkylation sites (tertiary alicyclic amines) is 1. The van der Waals surface area contributed by atoms with Gasteiger partial charge in [0.15, 0.2) is 0 Å². The van der Waals surface area contributed by atoms with Crippen LogP contribution in [0.5, 0.6) is 0 Å².